The first-order valence-electron chi connectivity index (χ1n) is 8.23. The van der Waals surface area contributed by atoms with E-state index in [9.17, 15) is 18.4 Å². The second-order valence-corrected chi connectivity index (χ2v) is 6.30. The Morgan fingerprint density at radius 2 is 1.40 bits per heavy atom. The van der Waals surface area contributed by atoms with Gasteiger partial charge >= 0.3 is 5.97 Å². The van der Waals surface area contributed by atoms with Gasteiger partial charge in [-0.25, -0.2) is 8.78 Å². The summed E-state index contributed by atoms with van der Waals surface area (Å²) in [7, 11) is 0. The topological polar surface area (TPSA) is 43.4 Å². The Morgan fingerprint density at radius 1 is 0.880 bits per heavy atom. The number of hydrogen-bond donors (Lipinski definition) is 0. The van der Waals surface area contributed by atoms with Crippen LogP contribution >= 0.6 is 0 Å². The lowest BCUT2D eigenvalue weighted by Gasteiger charge is -2.27. The van der Waals surface area contributed by atoms with E-state index in [0.717, 1.165) is 12.8 Å². The van der Waals surface area contributed by atoms with Crippen LogP contribution in [0.25, 0.3) is 0 Å². The minimum atomic E-state index is -0.823. The molecule has 2 aromatic rings. The van der Waals surface area contributed by atoms with Gasteiger partial charge in [-0.05, 0) is 54.8 Å². The predicted molar refractivity (Wildman–Crippen MR) is 88.2 cm³/mol. The lowest BCUT2D eigenvalue weighted by atomic mass is 9.79. The van der Waals surface area contributed by atoms with Crippen LogP contribution in [0.5, 0.6) is 0 Å². The summed E-state index contributed by atoms with van der Waals surface area (Å²) in [5.74, 6) is -1.65. The number of esters is 1. The molecule has 0 bridgehead atoms. The highest BCUT2D eigenvalue weighted by Crippen LogP contribution is 2.42. The normalized spacial score (nSPS) is 15.8. The Kier molecular flexibility index (Phi) is 4.93. The second kappa shape index (κ2) is 7.13. The molecule has 1 saturated carbocycles. The SMILES string of the molecule is O=C(COC(=O)C1(c2ccc(F)cc2)CCCC1)c1ccc(F)cc1. The quantitative estimate of drug-likeness (QED) is 0.603. The summed E-state index contributed by atoms with van der Waals surface area (Å²) >= 11 is 0. The predicted octanol–water partition coefficient (Wildman–Crippen LogP) is 4.20. The molecule has 0 unspecified atom stereocenters. The van der Waals surface area contributed by atoms with Crippen LogP contribution in [0.4, 0.5) is 8.78 Å². The summed E-state index contributed by atoms with van der Waals surface area (Å²) in [6, 6.07) is 10.9. The van der Waals surface area contributed by atoms with E-state index in [1.165, 1.54) is 36.4 Å². The van der Waals surface area contributed by atoms with Gasteiger partial charge in [-0.15, -0.1) is 0 Å². The third-order valence-corrected chi connectivity index (χ3v) is 4.75. The van der Waals surface area contributed by atoms with Gasteiger partial charge in [-0.1, -0.05) is 25.0 Å². The maximum Gasteiger partial charge on any atom is 0.317 e. The molecule has 0 aliphatic heterocycles. The molecule has 5 heteroatoms. The molecule has 0 saturated heterocycles. The summed E-state index contributed by atoms with van der Waals surface area (Å²) in [6.45, 7) is -0.395. The molecule has 3 rings (SSSR count). The van der Waals surface area contributed by atoms with Crippen molar-refractivity contribution < 1.29 is 23.1 Å². The van der Waals surface area contributed by atoms with Crippen molar-refractivity contribution in [3.63, 3.8) is 0 Å². The number of halogens is 2. The van der Waals surface area contributed by atoms with E-state index in [-0.39, 0.29) is 17.2 Å². The van der Waals surface area contributed by atoms with E-state index in [4.69, 9.17) is 4.74 Å². The Balaban J connectivity index is 1.72. The highest BCUT2D eigenvalue weighted by Gasteiger charge is 2.44. The van der Waals surface area contributed by atoms with Crippen molar-refractivity contribution >= 4 is 11.8 Å². The highest BCUT2D eigenvalue weighted by atomic mass is 19.1. The number of hydrogen-bond acceptors (Lipinski definition) is 3. The van der Waals surface area contributed by atoms with Crippen molar-refractivity contribution in [2.45, 2.75) is 31.1 Å². The maximum atomic E-state index is 13.2. The van der Waals surface area contributed by atoms with E-state index in [1.54, 1.807) is 12.1 Å². The first kappa shape index (κ1) is 17.3. The average Bonchev–Trinajstić information content (AvgIpc) is 3.11. The van der Waals surface area contributed by atoms with Crippen molar-refractivity contribution in [2.24, 2.45) is 0 Å². The standard InChI is InChI=1S/C20H18F2O3/c21-16-7-3-14(4-8-16)18(23)13-25-19(24)20(11-1-2-12-20)15-5-9-17(22)10-6-15/h3-10H,1-2,11-13H2. The Bertz CT molecular complexity index is 761. The van der Waals surface area contributed by atoms with Gasteiger partial charge in [0.2, 0.25) is 0 Å². The molecule has 2 aromatic carbocycles. The van der Waals surface area contributed by atoms with Crippen LogP contribution in [0, 0.1) is 11.6 Å². The molecule has 130 valence electrons. The number of Topliss-reactive ketones (excluding diaryl/α,β-unsaturated/α-hetero) is 1. The molecule has 1 aliphatic carbocycles. The van der Waals surface area contributed by atoms with Gasteiger partial charge in [0.15, 0.2) is 12.4 Å². The summed E-state index contributed by atoms with van der Waals surface area (Å²) in [5, 5.41) is 0. The van der Waals surface area contributed by atoms with Crippen LogP contribution in [0.15, 0.2) is 48.5 Å². The third kappa shape index (κ3) is 3.60. The largest absolute Gasteiger partial charge is 0.457 e. The van der Waals surface area contributed by atoms with Gasteiger partial charge < -0.3 is 4.74 Å². The monoisotopic (exact) mass is 344 g/mol. The molecule has 25 heavy (non-hydrogen) atoms. The summed E-state index contributed by atoms with van der Waals surface area (Å²) in [5.41, 5.74) is 0.179. The van der Waals surface area contributed by atoms with Gasteiger partial charge in [-0.2, -0.15) is 0 Å². The first-order chi connectivity index (χ1) is 12.0. The van der Waals surface area contributed by atoms with Crippen molar-refractivity contribution in [3.05, 3.63) is 71.3 Å². The maximum absolute atomic E-state index is 13.2. The van der Waals surface area contributed by atoms with Crippen LogP contribution in [0.2, 0.25) is 0 Å². The van der Waals surface area contributed by atoms with Crippen molar-refractivity contribution in [1.29, 1.82) is 0 Å². The molecule has 1 fully saturated rings. The average molecular weight is 344 g/mol. The molecule has 0 N–H and O–H groups in total. The number of rotatable bonds is 5. The molecule has 3 nitrogen and oxygen atoms in total. The minimum Gasteiger partial charge on any atom is -0.457 e. The molecule has 0 heterocycles. The fraction of sp³-hybridized carbons (Fsp3) is 0.300. The minimum absolute atomic E-state index is 0.288. The molecule has 0 amide bonds. The summed E-state index contributed by atoms with van der Waals surface area (Å²) < 4.78 is 31.4. The lowest BCUT2D eigenvalue weighted by Crippen LogP contribution is -2.35. The highest BCUT2D eigenvalue weighted by molar-refractivity contribution is 5.98. The number of carbonyl (C=O) groups is 2. The molecule has 0 spiro atoms. The molecule has 1 aliphatic rings. The van der Waals surface area contributed by atoms with Crippen LogP contribution in [0.3, 0.4) is 0 Å². The van der Waals surface area contributed by atoms with Gasteiger partial charge in [-0.3, -0.25) is 9.59 Å². The number of carbonyl (C=O) groups excluding carboxylic acids is 2. The zero-order chi connectivity index (χ0) is 17.9. The van der Waals surface area contributed by atoms with Crippen LogP contribution in [-0.4, -0.2) is 18.4 Å². The van der Waals surface area contributed by atoms with Crippen molar-refractivity contribution in [3.8, 4) is 0 Å². The fourth-order valence-electron chi connectivity index (χ4n) is 3.35. The number of ether oxygens (including phenoxy) is 1. The van der Waals surface area contributed by atoms with Crippen LogP contribution in [0.1, 0.15) is 41.6 Å². The van der Waals surface area contributed by atoms with E-state index in [2.05, 4.69) is 0 Å². The van der Waals surface area contributed by atoms with Crippen molar-refractivity contribution in [1.82, 2.24) is 0 Å². The smallest absolute Gasteiger partial charge is 0.317 e. The zero-order valence-electron chi connectivity index (χ0n) is 13.6. The zero-order valence-corrected chi connectivity index (χ0v) is 13.6. The number of benzene rings is 2. The third-order valence-electron chi connectivity index (χ3n) is 4.75. The van der Waals surface area contributed by atoms with E-state index in [1.807, 2.05) is 0 Å². The molecule has 0 atom stereocenters. The molecule has 0 radical (unpaired) electrons. The van der Waals surface area contributed by atoms with Gasteiger partial charge in [0.05, 0.1) is 5.41 Å². The number of ketones is 1. The van der Waals surface area contributed by atoms with E-state index < -0.39 is 23.8 Å². The van der Waals surface area contributed by atoms with Crippen LogP contribution in [-0.2, 0) is 14.9 Å². The Morgan fingerprint density at radius 3 is 1.96 bits per heavy atom. The van der Waals surface area contributed by atoms with Crippen molar-refractivity contribution in [2.75, 3.05) is 6.61 Å². The Labute approximate surface area is 144 Å². The van der Waals surface area contributed by atoms with Gasteiger partial charge in [0.1, 0.15) is 11.6 Å². The summed E-state index contributed by atoms with van der Waals surface area (Å²) in [4.78, 5) is 24.8. The Hall–Kier alpha value is -2.56. The second-order valence-electron chi connectivity index (χ2n) is 6.30. The molecule has 0 aromatic heterocycles. The van der Waals surface area contributed by atoms with E-state index in [0.29, 0.717) is 18.4 Å². The van der Waals surface area contributed by atoms with E-state index >= 15 is 0 Å². The van der Waals surface area contributed by atoms with Gasteiger partial charge in [0.25, 0.3) is 0 Å². The van der Waals surface area contributed by atoms with Crippen LogP contribution < -0.4 is 0 Å². The fourth-order valence-corrected chi connectivity index (χ4v) is 3.35. The molecular weight excluding hydrogens is 326 g/mol. The summed E-state index contributed by atoms with van der Waals surface area (Å²) in [6.07, 6.45) is 2.97. The van der Waals surface area contributed by atoms with Gasteiger partial charge in [0, 0.05) is 5.56 Å². The lowest BCUT2D eigenvalue weighted by molar-refractivity contribution is -0.149. The first-order valence-corrected chi connectivity index (χ1v) is 8.23. The molecular formula is C20H18F2O3.